The van der Waals surface area contributed by atoms with E-state index in [4.69, 9.17) is 14.2 Å². The summed E-state index contributed by atoms with van der Waals surface area (Å²) in [6.45, 7) is 6.61. The van der Waals surface area contributed by atoms with Crippen molar-refractivity contribution in [2.75, 3.05) is 13.2 Å². The monoisotopic (exact) mass is 1010 g/mol. The predicted octanol–water partition coefficient (Wildman–Crippen LogP) is 21.8. The fraction of sp³-hybridized carbons (Fsp3) is 0.894. The van der Waals surface area contributed by atoms with Crippen molar-refractivity contribution in [3.8, 4) is 0 Å². The number of esters is 3. The van der Waals surface area contributed by atoms with E-state index in [-0.39, 0.29) is 31.1 Å². The fourth-order valence-electron chi connectivity index (χ4n) is 9.83. The standard InChI is InChI=1S/C66H124O6/c1-4-7-10-13-16-18-20-22-24-26-28-29-30-31-32-33-34-35-36-37-38-39-41-42-44-46-48-50-53-56-59-65(68)71-62-63(61-70-64(67)58-55-52-15-12-9-6-3)72-66(69)60-57-54-51-49-47-45-43-40-27-25-23-21-19-17-14-11-8-5-2/h19,21,25,27,63H,4-18,20,22-24,26,28-62H2,1-3H3/b21-19-,27-25-. The average molecular weight is 1010 g/mol. The number of allylic oxidation sites excluding steroid dienone is 4. The Morgan fingerprint density at radius 1 is 0.278 bits per heavy atom. The molecule has 0 N–H and O–H groups in total. The lowest BCUT2D eigenvalue weighted by Crippen LogP contribution is -2.30. The van der Waals surface area contributed by atoms with Gasteiger partial charge in [0.2, 0.25) is 0 Å². The van der Waals surface area contributed by atoms with Gasteiger partial charge in [-0.15, -0.1) is 0 Å². The highest BCUT2D eigenvalue weighted by Gasteiger charge is 2.19. The van der Waals surface area contributed by atoms with Gasteiger partial charge in [-0.2, -0.15) is 0 Å². The van der Waals surface area contributed by atoms with E-state index >= 15 is 0 Å². The molecule has 0 radical (unpaired) electrons. The zero-order valence-corrected chi connectivity index (χ0v) is 48.7. The molecule has 72 heavy (non-hydrogen) atoms. The quantitative estimate of drug-likeness (QED) is 0.0261. The van der Waals surface area contributed by atoms with Crippen LogP contribution in [0.2, 0.25) is 0 Å². The lowest BCUT2D eigenvalue weighted by molar-refractivity contribution is -0.167. The number of carbonyl (C=O) groups is 3. The van der Waals surface area contributed by atoms with Gasteiger partial charge in [-0.05, 0) is 51.4 Å². The molecule has 0 aromatic heterocycles. The zero-order chi connectivity index (χ0) is 52.2. The van der Waals surface area contributed by atoms with Crippen LogP contribution in [0.3, 0.4) is 0 Å². The topological polar surface area (TPSA) is 78.9 Å². The Bertz CT molecular complexity index is 1160. The van der Waals surface area contributed by atoms with E-state index in [1.165, 1.54) is 250 Å². The van der Waals surface area contributed by atoms with E-state index in [0.717, 1.165) is 70.6 Å². The zero-order valence-electron chi connectivity index (χ0n) is 48.7. The van der Waals surface area contributed by atoms with E-state index in [0.29, 0.717) is 19.3 Å². The van der Waals surface area contributed by atoms with Crippen LogP contribution in [0.5, 0.6) is 0 Å². The second-order valence-electron chi connectivity index (χ2n) is 22.0. The largest absolute Gasteiger partial charge is 0.462 e. The first-order valence-corrected chi connectivity index (χ1v) is 32.3. The molecule has 0 aliphatic carbocycles. The first-order chi connectivity index (χ1) is 35.5. The van der Waals surface area contributed by atoms with Gasteiger partial charge in [0.1, 0.15) is 13.2 Å². The molecule has 0 amide bonds. The molecule has 424 valence electrons. The number of rotatable bonds is 60. The molecule has 0 aliphatic rings. The molecule has 0 rings (SSSR count). The molecule has 0 aromatic rings. The van der Waals surface area contributed by atoms with Crippen molar-refractivity contribution in [1.29, 1.82) is 0 Å². The maximum Gasteiger partial charge on any atom is 0.306 e. The van der Waals surface area contributed by atoms with Gasteiger partial charge in [-0.3, -0.25) is 14.4 Å². The van der Waals surface area contributed by atoms with Crippen LogP contribution in [0.4, 0.5) is 0 Å². The van der Waals surface area contributed by atoms with E-state index in [2.05, 4.69) is 45.1 Å². The van der Waals surface area contributed by atoms with Gasteiger partial charge in [0, 0.05) is 19.3 Å². The van der Waals surface area contributed by atoms with Gasteiger partial charge in [0.05, 0.1) is 0 Å². The minimum absolute atomic E-state index is 0.0700. The number of hydrogen-bond donors (Lipinski definition) is 0. The highest BCUT2D eigenvalue weighted by atomic mass is 16.6. The molecule has 1 unspecified atom stereocenters. The average Bonchev–Trinajstić information content (AvgIpc) is 3.38. The molecule has 6 nitrogen and oxygen atoms in total. The first-order valence-electron chi connectivity index (χ1n) is 32.3. The fourth-order valence-corrected chi connectivity index (χ4v) is 9.83. The SMILES string of the molecule is CCCCCC/C=C\C/C=C\CCCCCCCCCC(=O)OC(COC(=O)CCCCCCCC)COC(=O)CCCCCCCCCCCCCCCCCCCCCCCCCCCCCCCC. The molecule has 0 aliphatic heterocycles. The Kier molecular flexibility index (Phi) is 59.6. The lowest BCUT2D eigenvalue weighted by atomic mass is 10.0. The summed E-state index contributed by atoms with van der Waals surface area (Å²) in [5.41, 5.74) is 0. The second-order valence-corrected chi connectivity index (χ2v) is 22.0. The lowest BCUT2D eigenvalue weighted by Gasteiger charge is -2.18. The number of unbranched alkanes of at least 4 members (excludes halogenated alkanes) is 45. The van der Waals surface area contributed by atoms with Crippen LogP contribution in [0, 0.1) is 0 Å². The molecule has 6 heteroatoms. The summed E-state index contributed by atoms with van der Waals surface area (Å²) < 4.78 is 16.8. The third-order valence-corrected chi connectivity index (χ3v) is 14.7. The van der Waals surface area contributed by atoms with E-state index in [1.807, 2.05) is 0 Å². The first kappa shape index (κ1) is 69.9. The smallest absolute Gasteiger partial charge is 0.306 e. The molecule has 0 saturated heterocycles. The molecule has 0 heterocycles. The summed E-state index contributed by atoms with van der Waals surface area (Å²) in [4.78, 5) is 38.0. The van der Waals surface area contributed by atoms with Gasteiger partial charge in [0.25, 0.3) is 0 Å². The third-order valence-electron chi connectivity index (χ3n) is 14.7. The second kappa shape index (κ2) is 61.4. The van der Waals surface area contributed by atoms with Crippen LogP contribution < -0.4 is 0 Å². The van der Waals surface area contributed by atoms with E-state index in [1.54, 1.807) is 0 Å². The van der Waals surface area contributed by atoms with Crippen LogP contribution in [-0.2, 0) is 28.6 Å². The van der Waals surface area contributed by atoms with Crippen molar-refractivity contribution in [1.82, 2.24) is 0 Å². The van der Waals surface area contributed by atoms with Crippen molar-refractivity contribution < 1.29 is 28.6 Å². The minimum Gasteiger partial charge on any atom is -0.462 e. The van der Waals surface area contributed by atoms with Gasteiger partial charge in [-0.25, -0.2) is 0 Å². The highest BCUT2D eigenvalue weighted by molar-refractivity contribution is 5.71. The molecule has 0 fully saturated rings. The maximum absolute atomic E-state index is 12.8. The molecule has 0 spiro atoms. The Morgan fingerprint density at radius 3 is 0.778 bits per heavy atom. The van der Waals surface area contributed by atoms with Crippen molar-refractivity contribution in [3.05, 3.63) is 24.3 Å². The Balaban J connectivity index is 3.97. The van der Waals surface area contributed by atoms with Crippen molar-refractivity contribution in [2.45, 2.75) is 367 Å². The van der Waals surface area contributed by atoms with Crippen molar-refractivity contribution >= 4 is 17.9 Å². The minimum atomic E-state index is -0.769. The van der Waals surface area contributed by atoms with Crippen LogP contribution in [0.25, 0.3) is 0 Å². The van der Waals surface area contributed by atoms with Crippen molar-refractivity contribution in [2.24, 2.45) is 0 Å². The highest BCUT2D eigenvalue weighted by Crippen LogP contribution is 2.18. The van der Waals surface area contributed by atoms with Crippen LogP contribution in [0.15, 0.2) is 24.3 Å². The van der Waals surface area contributed by atoms with E-state index in [9.17, 15) is 14.4 Å². The normalized spacial score (nSPS) is 12.1. The summed E-state index contributed by atoms with van der Waals surface area (Å²) in [6, 6.07) is 0. The Hall–Kier alpha value is -2.11. The summed E-state index contributed by atoms with van der Waals surface area (Å²) in [6.07, 6.45) is 73.8. The number of ether oxygens (including phenoxy) is 3. The van der Waals surface area contributed by atoms with Crippen LogP contribution in [-0.4, -0.2) is 37.2 Å². The molecular formula is C66H124O6. The molecule has 1 atom stereocenters. The summed E-state index contributed by atoms with van der Waals surface area (Å²) in [7, 11) is 0. The predicted molar refractivity (Wildman–Crippen MR) is 312 cm³/mol. The summed E-state index contributed by atoms with van der Waals surface area (Å²) in [5.74, 6) is -0.866. The van der Waals surface area contributed by atoms with E-state index < -0.39 is 6.10 Å². The van der Waals surface area contributed by atoms with Crippen LogP contribution >= 0.6 is 0 Å². The van der Waals surface area contributed by atoms with Gasteiger partial charge in [0.15, 0.2) is 6.10 Å². The summed E-state index contributed by atoms with van der Waals surface area (Å²) in [5, 5.41) is 0. The third kappa shape index (κ3) is 58.8. The van der Waals surface area contributed by atoms with Crippen LogP contribution in [0.1, 0.15) is 361 Å². The summed E-state index contributed by atoms with van der Waals surface area (Å²) >= 11 is 0. The maximum atomic E-state index is 12.8. The molecular weight excluding hydrogens is 889 g/mol. The number of hydrogen-bond acceptors (Lipinski definition) is 6. The van der Waals surface area contributed by atoms with Crippen molar-refractivity contribution in [3.63, 3.8) is 0 Å². The Morgan fingerprint density at radius 2 is 0.500 bits per heavy atom. The molecule has 0 bridgehead atoms. The van der Waals surface area contributed by atoms with Gasteiger partial charge < -0.3 is 14.2 Å². The molecule has 0 saturated carbocycles. The van der Waals surface area contributed by atoms with Gasteiger partial charge >= 0.3 is 17.9 Å². The molecule has 0 aromatic carbocycles. The number of carbonyl (C=O) groups excluding carboxylic acids is 3. The van der Waals surface area contributed by atoms with Gasteiger partial charge in [-0.1, -0.05) is 315 Å². The Labute approximate surface area is 449 Å².